The van der Waals surface area contributed by atoms with Gasteiger partial charge in [-0.15, -0.1) is 16.7 Å². The molecule has 27 heavy (non-hydrogen) atoms. The Bertz CT molecular complexity index is 795. The van der Waals surface area contributed by atoms with Gasteiger partial charge < -0.3 is 0 Å². The van der Waals surface area contributed by atoms with E-state index in [4.69, 9.17) is 9.40 Å². The van der Waals surface area contributed by atoms with Crippen LogP contribution in [0.5, 0.6) is 0 Å². The lowest BCUT2D eigenvalue weighted by Gasteiger charge is -2.25. The van der Waals surface area contributed by atoms with Crippen molar-refractivity contribution in [2.45, 2.75) is 90.0 Å². The number of rotatable bonds is 3. The second-order valence-electron chi connectivity index (χ2n) is 9.67. The lowest BCUT2D eigenvalue weighted by atomic mass is 9.79. The predicted molar refractivity (Wildman–Crippen MR) is 117 cm³/mol. The number of hydrogen-bond acceptors (Lipinski definition) is 2. The van der Waals surface area contributed by atoms with Crippen molar-refractivity contribution < 1.29 is 4.42 Å². The molecule has 0 saturated heterocycles. The molecule has 0 saturated carbocycles. The van der Waals surface area contributed by atoms with E-state index < -0.39 is 0 Å². The van der Waals surface area contributed by atoms with Gasteiger partial charge >= 0.3 is 11.7 Å². The van der Waals surface area contributed by atoms with E-state index in [9.17, 15) is 0 Å². The summed E-state index contributed by atoms with van der Waals surface area (Å²) in [5.74, 6) is 2.97. The highest BCUT2D eigenvalue weighted by molar-refractivity contribution is 7.99. The third kappa shape index (κ3) is 4.56. The van der Waals surface area contributed by atoms with Crippen LogP contribution in [0.25, 0.3) is 11.5 Å². The first kappa shape index (κ1) is 20.4. The van der Waals surface area contributed by atoms with Crippen LogP contribution in [0, 0.1) is 0 Å². The summed E-state index contributed by atoms with van der Waals surface area (Å²) in [5, 5.41) is 1.17. The van der Waals surface area contributed by atoms with E-state index in [0.29, 0.717) is 0 Å². The second kappa shape index (κ2) is 7.58. The van der Waals surface area contributed by atoms with Gasteiger partial charge in [0.2, 0.25) is 0 Å². The smallest absolute Gasteiger partial charge is 0.192 e. The van der Waals surface area contributed by atoms with Crippen LogP contribution in [0.1, 0.15) is 83.8 Å². The topological polar surface area (TPSA) is 24.2 Å². The summed E-state index contributed by atoms with van der Waals surface area (Å²) in [6.45, 7) is 15.8. The summed E-state index contributed by atoms with van der Waals surface area (Å²) in [6.07, 6.45) is 4.59. The Morgan fingerprint density at radius 3 is 2.07 bits per heavy atom. The Morgan fingerprint density at radius 1 is 0.926 bits per heavy atom. The van der Waals surface area contributed by atoms with Gasteiger partial charge in [-0.05, 0) is 59.1 Å². The molecule has 146 valence electrons. The summed E-state index contributed by atoms with van der Waals surface area (Å²) >= 11 is 1.85. The SMILES string of the molecule is CCSc1nc(-c2cc(C(C)(C)C)cc(C(C)(C)C)c2)[o+]c2c1CCCC2. The van der Waals surface area contributed by atoms with Gasteiger partial charge in [0.1, 0.15) is 10.6 Å². The number of fused-ring (bicyclic) bond motifs is 1. The molecule has 0 unspecified atom stereocenters. The number of aryl methyl sites for hydroxylation is 1. The molecule has 2 nitrogen and oxygen atoms in total. The number of thioether (sulfide) groups is 1. The predicted octanol–water partition coefficient (Wildman–Crippen LogP) is 7.21. The first-order valence-corrected chi connectivity index (χ1v) is 11.2. The van der Waals surface area contributed by atoms with Crippen molar-refractivity contribution in [2.75, 3.05) is 5.75 Å². The van der Waals surface area contributed by atoms with E-state index in [0.717, 1.165) is 35.8 Å². The van der Waals surface area contributed by atoms with E-state index in [2.05, 4.69) is 66.7 Å². The van der Waals surface area contributed by atoms with Crippen LogP contribution < -0.4 is 0 Å². The molecule has 0 spiro atoms. The highest BCUT2D eigenvalue weighted by Gasteiger charge is 2.30. The van der Waals surface area contributed by atoms with Crippen LogP contribution in [0.15, 0.2) is 27.6 Å². The Labute approximate surface area is 169 Å². The molecular formula is C24H34NOS+. The molecule has 0 bridgehead atoms. The number of nitrogens with zero attached hydrogens (tertiary/aromatic N) is 1. The molecule has 1 aliphatic carbocycles. The summed E-state index contributed by atoms with van der Waals surface area (Å²) in [5.41, 5.74) is 5.31. The summed E-state index contributed by atoms with van der Waals surface area (Å²) in [6, 6.07) is 6.90. The van der Waals surface area contributed by atoms with Crippen LogP contribution in [0.3, 0.4) is 0 Å². The molecule has 1 aliphatic rings. The molecule has 0 amide bonds. The monoisotopic (exact) mass is 384 g/mol. The first-order valence-electron chi connectivity index (χ1n) is 10.2. The number of benzene rings is 1. The van der Waals surface area contributed by atoms with E-state index in [1.807, 2.05) is 11.8 Å². The average Bonchev–Trinajstić information content (AvgIpc) is 2.60. The summed E-state index contributed by atoms with van der Waals surface area (Å²) in [7, 11) is 0. The molecule has 1 aromatic carbocycles. The van der Waals surface area contributed by atoms with Crippen LogP contribution in [-0.4, -0.2) is 10.7 Å². The third-order valence-electron chi connectivity index (χ3n) is 5.29. The molecule has 1 heterocycles. The van der Waals surface area contributed by atoms with E-state index >= 15 is 0 Å². The molecule has 2 aromatic rings. The molecule has 3 rings (SSSR count). The van der Waals surface area contributed by atoms with Gasteiger partial charge in [0.25, 0.3) is 0 Å². The minimum Gasteiger partial charge on any atom is -0.192 e. The largest absolute Gasteiger partial charge is 0.460 e. The van der Waals surface area contributed by atoms with Gasteiger partial charge in [-0.2, -0.15) is 4.42 Å². The van der Waals surface area contributed by atoms with Crippen molar-refractivity contribution in [1.82, 2.24) is 4.98 Å². The van der Waals surface area contributed by atoms with Crippen LogP contribution >= 0.6 is 11.8 Å². The maximum Gasteiger partial charge on any atom is 0.460 e. The molecular weight excluding hydrogens is 350 g/mol. The zero-order chi connectivity index (χ0) is 19.8. The Morgan fingerprint density at radius 2 is 1.52 bits per heavy atom. The van der Waals surface area contributed by atoms with Crippen molar-refractivity contribution in [3.8, 4) is 11.5 Å². The van der Waals surface area contributed by atoms with Crippen molar-refractivity contribution in [3.63, 3.8) is 0 Å². The zero-order valence-electron chi connectivity index (χ0n) is 18.0. The van der Waals surface area contributed by atoms with E-state index in [1.165, 1.54) is 34.6 Å². The maximum atomic E-state index is 6.38. The molecule has 0 aliphatic heterocycles. The minimum absolute atomic E-state index is 0.0885. The van der Waals surface area contributed by atoms with Crippen molar-refractivity contribution in [2.24, 2.45) is 0 Å². The molecule has 0 atom stereocenters. The summed E-state index contributed by atoms with van der Waals surface area (Å²) < 4.78 is 6.38. The van der Waals surface area contributed by atoms with Crippen LogP contribution in [0.2, 0.25) is 0 Å². The average molecular weight is 385 g/mol. The fourth-order valence-electron chi connectivity index (χ4n) is 3.51. The maximum absolute atomic E-state index is 6.38. The van der Waals surface area contributed by atoms with Gasteiger partial charge in [0.05, 0.1) is 12.0 Å². The van der Waals surface area contributed by atoms with Crippen LogP contribution in [-0.2, 0) is 23.7 Å². The lowest BCUT2D eigenvalue weighted by molar-refractivity contribution is 0.440. The fourth-order valence-corrected chi connectivity index (χ4v) is 4.32. The van der Waals surface area contributed by atoms with Crippen molar-refractivity contribution in [3.05, 3.63) is 40.6 Å². The van der Waals surface area contributed by atoms with Gasteiger partial charge in [-0.25, -0.2) is 0 Å². The highest BCUT2D eigenvalue weighted by Crippen LogP contribution is 2.37. The standard InChI is InChI=1S/C24H34NOS/c1-8-27-22-19-11-9-10-12-20(19)26-21(25-22)16-13-17(23(2,3)4)15-18(14-16)24(5,6)7/h13-15H,8-12H2,1-7H3/q+1. The molecule has 0 N–H and O–H groups in total. The van der Waals surface area contributed by atoms with E-state index in [1.54, 1.807) is 0 Å². The van der Waals surface area contributed by atoms with Gasteiger partial charge in [-0.3, -0.25) is 0 Å². The van der Waals surface area contributed by atoms with Crippen LogP contribution in [0.4, 0.5) is 0 Å². The number of aromatic nitrogens is 1. The van der Waals surface area contributed by atoms with Gasteiger partial charge in [0, 0.05) is 0 Å². The minimum atomic E-state index is 0.0885. The quantitative estimate of drug-likeness (QED) is 0.413. The lowest BCUT2D eigenvalue weighted by Crippen LogP contribution is -2.16. The van der Waals surface area contributed by atoms with Gasteiger partial charge in [0.15, 0.2) is 0 Å². The molecule has 3 heteroatoms. The molecule has 0 fully saturated rings. The van der Waals surface area contributed by atoms with Crippen molar-refractivity contribution >= 4 is 11.8 Å². The highest BCUT2D eigenvalue weighted by atomic mass is 32.2. The fraction of sp³-hybridized carbons (Fsp3) is 0.583. The third-order valence-corrected chi connectivity index (χ3v) is 6.19. The normalized spacial score (nSPS) is 14.9. The van der Waals surface area contributed by atoms with E-state index in [-0.39, 0.29) is 10.8 Å². The molecule has 1 aromatic heterocycles. The zero-order valence-corrected chi connectivity index (χ0v) is 18.8. The summed E-state index contributed by atoms with van der Waals surface area (Å²) in [4.78, 5) is 4.99. The van der Waals surface area contributed by atoms with Crippen molar-refractivity contribution in [1.29, 1.82) is 0 Å². The number of hydrogen-bond donors (Lipinski definition) is 0. The second-order valence-corrected chi connectivity index (χ2v) is 10.9. The Balaban J connectivity index is 2.19. The Hall–Kier alpha value is -1.35. The van der Waals surface area contributed by atoms with Gasteiger partial charge in [-0.1, -0.05) is 54.5 Å². The first-order chi connectivity index (χ1) is 12.6. The molecule has 0 radical (unpaired) electrons. The Kier molecular flexibility index (Phi) is 5.72.